The third-order valence-electron chi connectivity index (χ3n) is 3.39. The molecule has 1 aromatic heterocycles. The number of thioether (sulfide) groups is 1. The molecule has 3 nitrogen and oxygen atoms in total. The van der Waals surface area contributed by atoms with Crippen LogP contribution < -0.4 is 4.74 Å². The van der Waals surface area contributed by atoms with Gasteiger partial charge in [0.2, 0.25) is 0 Å². The average Bonchev–Trinajstić information content (AvgIpc) is 2.39. The molecule has 2 heterocycles. The summed E-state index contributed by atoms with van der Waals surface area (Å²) in [7, 11) is 0. The summed E-state index contributed by atoms with van der Waals surface area (Å²) in [5.74, 6) is 3.84. The van der Waals surface area contributed by atoms with E-state index in [1.165, 1.54) is 24.3 Å². The molecule has 1 aromatic rings. The Morgan fingerprint density at radius 2 is 2.11 bits per heavy atom. The van der Waals surface area contributed by atoms with Crippen molar-refractivity contribution < 1.29 is 9.84 Å². The minimum Gasteiger partial charge on any atom is -0.489 e. The number of aliphatic hydroxyl groups is 1. The van der Waals surface area contributed by atoms with Gasteiger partial charge in [-0.25, -0.2) is 0 Å². The van der Waals surface area contributed by atoms with Crippen LogP contribution in [0.2, 0.25) is 0 Å². The SMILES string of the molecule is CC(C)Oc1cncc(C(O)CC2CCSCC2)c1. The Morgan fingerprint density at radius 1 is 1.37 bits per heavy atom. The van der Waals surface area contributed by atoms with Crippen LogP contribution in [0.4, 0.5) is 0 Å². The maximum absolute atomic E-state index is 10.3. The molecule has 1 saturated heterocycles. The second kappa shape index (κ2) is 7.15. The number of aliphatic hydroxyl groups excluding tert-OH is 1. The Bertz CT molecular complexity index is 391. The lowest BCUT2D eigenvalue weighted by Crippen LogP contribution is -2.14. The molecule has 4 heteroatoms. The molecule has 1 unspecified atom stereocenters. The minimum atomic E-state index is -0.420. The van der Waals surface area contributed by atoms with E-state index in [1.807, 2.05) is 31.7 Å². The summed E-state index contributed by atoms with van der Waals surface area (Å²) in [4.78, 5) is 4.16. The predicted molar refractivity (Wildman–Crippen MR) is 79.6 cm³/mol. The van der Waals surface area contributed by atoms with Crippen LogP contribution in [0.25, 0.3) is 0 Å². The number of ether oxygens (including phenoxy) is 1. The van der Waals surface area contributed by atoms with Crippen LogP contribution in [0.5, 0.6) is 5.75 Å². The van der Waals surface area contributed by atoms with Crippen LogP contribution in [-0.4, -0.2) is 27.7 Å². The molecule has 0 aromatic carbocycles. The topological polar surface area (TPSA) is 42.4 Å². The van der Waals surface area contributed by atoms with Crippen molar-refractivity contribution in [1.82, 2.24) is 4.98 Å². The number of hydrogen-bond donors (Lipinski definition) is 1. The van der Waals surface area contributed by atoms with Crippen molar-refractivity contribution in [2.75, 3.05) is 11.5 Å². The molecular formula is C15H23NO2S. The minimum absolute atomic E-state index is 0.129. The van der Waals surface area contributed by atoms with Crippen molar-refractivity contribution in [3.63, 3.8) is 0 Å². The van der Waals surface area contributed by atoms with Crippen molar-refractivity contribution in [1.29, 1.82) is 0 Å². The standard InChI is InChI=1S/C15H23NO2S/c1-11(2)18-14-8-13(9-16-10-14)15(17)7-12-3-5-19-6-4-12/h8-12,15,17H,3-7H2,1-2H3. The molecule has 106 valence electrons. The van der Waals surface area contributed by atoms with Crippen molar-refractivity contribution in [3.05, 3.63) is 24.0 Å². The van der Waals surface area contributed by atoms with Crippen LogP contribution in [0.3, 0.4) is 0 Å². The van der Waals surface area contributed by atoms with Gasteiger partial charge < -0.3 is 9.84 Å². The molecule has 0 spiro atoms. The highest BCUT2D eigenvalue weighted by Gasteiger charge is 2.19. The highest BCUT2D eigenvalue weighted by Crippen LogP contribution is 2.31. The Labute approximate surface area is 119 Å². The van der Waals surface area contributed by atoms with Crippen molar-refractivity contribution in [2.45, 2.75) is 45.3 Å². The lowest BCUT2D eigenvalue weighted by Gasteiger charge is -2.24. The van der Waals surface area contributed by atoms with Crippen LogP contribution in [-0.2, 0) is 0 Å². The fraction of sp³-hybridized carbons (Fsp3) is 0.667. The summed E-state index contributed by atoms with van der Waals surface area (Å²) < 4.78 is 5.62. The van der Waals surface area contributed by atoms with Gasteiger partial charge in [-0.1, -0.05) is 0 Å². The van der Waals surface area contributed by atoms with Gasteiger partial charge in [-0.2, -0.15) is 11.8 Å². The molecular weight excluding hydrogens is 258 g/mol. The van der Waals surface area contributed by atoms with Crippen molar-refractivity contribution in [2.24, 2.45) is 5.92 Å². The maximum Gasteiger partial charge on any atom is 0.138 e. The Morgan fingerprint density at radius 3 is 2.79 bits per heavy atom. The smallest absolute Gasteiger partial charge is 0.138 e. The molecule has 1 atom stereocenters. The first kappa shape index (κ1) is 14.7. The lowest BCUT2D eigenvalue weighted by molar-refractivity contribution is 0.140. The average molecular weight is 281 g/mol. The second-order valence-corrected chi connectivity index (χ2v) is 6.65. The molecule has 0 saturated carbocycles. The second-order valence-electron chi connectivity index (χ2n) is 5.43. The monoisotopic (exact) mass is 281 g/mol. The van der Waals surface area contributed by atoms with E-state index in [0.29, 0.717) is 5.92 Å². The van der Waals surface area contributed by atoms with Gasteiger partial charge in [0, 0.05) is 11.8 Å². The number of pyridine rings is 1. The number of nitrogens with zero attached hydrogens (tertiary/aromatic N) is 1. The van der Waals surface area contributed by atoms with Crippen molar-refractivity contribution in [3.8, 4) is 5.75 Å². The third-order valence-corrected chi connectivity index (χ3v) is 4.44. The first-order valence-corrected chi connectivity index (χ1v) is 8.18. The molecule has 1 fully saturated rings. The molecule has 0 radical (unpaired) electrons. The van der Waals surface area contributed by atoms with E-state index in [2.05, 4.69) is 4.98 Å². The van der Waals surface area contributed by atoms with E-state index in [4.69, 9.17) is 4.74 Å². The molecule has 19 heavy (non-hydrogen) atoms. The summed E-state index contributed by atoms with van der Waals surface area (Å²) in [6, 6.07) is 1.91. The van der Waals surface area contributed by atoms with Gasteiger partial charge in [-0.05, 0) is 56.6 Å². The van der Waals surface area contributed by atoms with Gasteiger partial charge in [-0.3, -0.25) is 4.98 Å². The molecule has 1 aliphatic rings. The summed E-state index contributed by atoms with van der Waals surface area (Å²) in [6.45, 7) is 3.98. The molecule has 1 N–H and O–H groups in total. The van der Waals surface area contributed by atoms with Gasteiger partial charge in [-0.15, -0.1) is 0 Å². The summed E-state index contributed by atoms with van der Waals surface area (Å²) in [5, 5.41) is 10.3. The Balaban J connectivity index is 1.95. The Kier molecular flexibility index (Phi) is 5.52. The normalized spacial score (nSPS) is 18.5. The van der Waals surface area contributed by atoms with E-state index in [-0.39, 0.29) is 6.10 Å². The molecule has 1 aliphatic heterocycles. The van der Waals surface area contributed by atoms with E-state index in [9.17, 15) is 5.11 Å². The van der Waals surface area contributed by atoms with Gasteiger partial charge in [0.1, 0.15) is 5.75 Å². The van der Waals surface area contributed by atoms with Crippen LogP contribution >= 0.6 is 11.8 Å². The molecule has 0 amide bonds. The van der Waals surface area contributed by atoms with E-state index >= 15 is 0 Å². The zero-order chi connectivity index (χ0) is 13.7. The Hall–Kier alpha value is -0.740. The highest BCUT2D eigenvalue weighted by atomic mass is 32.2. The van der Waals surface area contributed by atoms with Gasteiger partial charge >= 0.3 is 0 Å². The number of hydrogen-bond acceptors (Lipinski definition) is 4. The summed E-state index contributed by atoms with van der Waals surface area (Å²) >= 11 is 2.02. The summed E-state index contributed by atoms with van der Waals surface area (Å²) in [5.41, 5.74) is 0.872. The highest BCUT2D eigenvalue weighted by molar-refractivity contribution is 7.99. The summed E-state index contributed by atoms with van der Waals surface area (Å²) in [6.07, 6.45) is 6.44. The number of aromatic nitrogens is 1. The molecule has 0 bridgehead atoms. The molecule has 2 rings (SSSR count). The fourth-order valence-corrected chi connectivity index (χ4v) is 3.59. The fourth-order valence-electron chi connectivity index (χ4n) is 2.39. The van der Waals surface area contributed by atoms with Crippen LogP contribution in [0.15, 0.2) is 18.5 Å². The third kappa shape index (κ3) is 4.69. The zero-order valence-corrected chi connectivity index (χ0v) is 12.5. The van der Waals surface area contributed by atoms with E-state index in [0.717, 1.165) is 17.7 Å². The first-order chi connectivity index (χ1) is 9.15. The maximum atomic E-state index is 10.3. The van der Waals surface area contributed by atoms with Gasteiger partial charge in [0.25, 0.3) is 0 Å². The van der Waals surface area contributed by atoms with Gasteiger partial charge in [0.15, 0.2) is 0 Å². The van der Waals surface area contributed by atoms with Crippen LogP contribution in [0.1, 0.15) is 44.8 Å². The molecule has 0 aliphatic carbocycles. The quantitative estimate of drug-likeness (QED) is 0.898. The zero-order valence-electron chi connectivity index (χ0n) is 11.7. The predicted octanol–water partition coefficient (Wildman–Crippen LogP) is 3.44. The van der Waals surface area contributed by atoms with Crippen LogP contribution in [0, 0.1) is 5.92 Å². The van der Waals surface area contributed by atoms with E-state index in [1.54, 1.807) is 12.4 Å². The number of rotatable bonds is 5. The van der Waals surface area contributed by atoms with Crippen molar-refractivity contribution >= 4 is 11.8 Å². The lowest BCUT2D eigenvalue weighted by atomic mass is 9.93. The van der Waals surface area contributed by atoms with E-state index < -0.39 is 6.10 Å². The van der Waals surface area contributed by atoms with Gasteiger partial charge in [0.05, 0.1) is 18.4 Å². The largest absolute Gasteiger partial charge is 0.489 e. The first-order valence-electron chi connectivity index (χ1n) is 7.02.